The Kier molecular flexibility index (Phi) is 5.22. The lowest BCUT2D eigenvalue weighted by molar-refractivity contribution is -0.117. The number of aliphatic hydroxyl groups is 1. The fraction of sp³-hybridized carbons (Fsp3) is 0.0800. The van der Waals surface area contributed by atoms with Crippen LogP contribution in [0.15, 0.2) is 87.1 Å². The smallest absolute Gasteiger partial charge is 0.337 e. The third kappa shape index (κ3) is 3.45. The number of ketones is 1. The van der Waals surface area contributed by atoms with Crippen molar-refractivity contribution in [3.8, 4) is 0 Å². The van der Waals surface area contributed by atoms with Crippen LogP contribution >= 0.6 is 11.6 Å². The molecule has 5 rings (SSSR count). The van der Waals surface area contributed by atoms with E-state index in [1.165, 1.54) is 36.5 Å². The Morgan fingerprint density at radius 3 is 2.65 bits per heavy atom. The van der Waals surface area contributed by atoms with Gasteiger partial charge in [0.15, 0.2) is 11.5 Å². The molecule has 0 saturated heterocycles. The predicted molar refractivity (Wildman–Crippen MR) is 122 cm³/mol. The summed E-state index contributed by atoms with van der Waals surface area (Å²) in [5.41, 5.74) is 0.669. The molecule has 1 atom stereocenters. The Labute approximate surface area is 197 Å². The zero-order valence-electron chi connectivity index (χ0n) is 17.7. The number of carbonyl (C=O) groups is 3. The molecule has 9 heteroatoms. The fourth-order valence-electron chi connectivity index (χ4n) is 3.98. The van der Waals surface area contributed by atoms with Gasteiger partial charge in [-0.15, -0.1) is 0 Å². The number of esters is 1. The molecule has 0 spiro atoms. The molecule has 0 saturated carbocycles. The Hall–Kier alpha value is -4.30. The third-order valence-corrected chi connectivity index (χ3v) is 5.75. The van der Waals surface area contributed by atoms with E-state index in [-0.39, 0.29) is 28.3 Å². The maximum absolute atomic E-state index is 13.5. The molecule has 4 aromatic rings. The second kappa shape index (κ2) is 8.24. The third-order valence-electron chi connectivity index (χ3n) is 5.51. The molecule has 2 aromatic heterocycles. The normalized spacial score (nSPS) is 15.9. The van der Waals surface area contributed by atoms with Gasteiger partial charge < -0.3 is 18.7 Å². The van der Waals surface area contributed by atoms with E-state index in [9.17, 15) is 19.5 Å². The molecule has 0 fully saturated rings. The van der Waals surface area contributed by atoms with Crippen LogP contribution in [0.3, 0.4) is 0 Å². The summed E-state index contributed by atoms with van der Waals surface area (Å²) < 4.78 is 16.0. The lowest BCUT2D eigenvalue weighted by Crippen LogP contribution is -2.31. The summed E-state index contributed by atoms with van der Waals surface area (Å²) >= 11 is 6.03. The molecule has 1 aliphatic heterocycles. The first-order chi connectivity index (χ1) is 16.4. The molecule has 1 aliphatic rings. The molecule has 34 heavy (non-hydrogen) atoms. The molecular formula is C25H16ClNO7. The van der Waals surface area contributed by atoms with Gasteiger partial charge in [-0.3, -0.25) is 14.5 Å². The lowest BCUT2D eigenvalue weighted by Gasteiger charge is -2.25. The Morgan fingerprint density at radius 2 is 1.91 bits per heavy atom. The average molecular weight is 478 g/mol. The zero-order chi connectivity index (χ0) is 24.0. The number of Topliss-reactive ketones (excluding diaryl/α,β-unsaturated/α-hetero) is 1. The maximum Gasteiger partial charge on any atom is 0.337 e. The summed E-state index contributed by atoms with van der Waals surface area (Å²) in [5.74, 6) is -2.69. The SMILES string of the molecule is COC(=O)c1cccc(N2C(=O)C(O)=C(C(=O)c3cc4cc(Cl)ccc4o3)C2c2ccco2)c1. The molecule has 3 heterocycles. The van der Waals surface area contributed by atoms with Crippen LogP contribution in [0.5, 0.6) is 0 Å². The van der Waals surface area contributed by atoms with Gasteiger partial charge in [-0.05, 0) is 54.6 Å². The van der Waals surface area contributed by atoms with Gasteiger partial charge in [0.1, 0.15) is 17.4 Å². The molecule has 0 bridgehead atoms. The topological polar surface area (TPSA) is 110 Å². The number of ether oxygens (including phenoxy) is 1. The van der Waals surface area contributed by atoms with Crippen molar-refractivity contribution in [2.75, 3.05) is 12.0 Å². The highest BCUT2D eigenvalue weighted by molar-refractivity contribution is 6.31. The van der Waals surface area contributed by atoms with Crippen LogP contribution in [-0.4, -0.2) is 29.9 Å². The minimum absolute atomic E-state index is 0.0756. The first-order valence-corrected chi connectivity index (χ1v) is 10.5. The quantitative estimate of drug-likeness (QED) is 0.309. The maximum atomic E-state index is 13.5. The van der Waals surface area contributed by atoms with Crippen LogP contribution in [0.4, 0.5) is 5.69 Å². The van der Waals surface area contributed by atoms with Crippen molar-refractivity contribution in [2.45, 2.75) is 6.04 Å². The van der Waals surface area contributed by atoms with Crippen LogP contribution in [0, 0.1) is 0 Å². The number of hydrogen-bond donors (Lipinski definition) is 1. The monoisotopic (exact) mass is 477 g/mol. The van der Waals surface area contributed by atoms with E-state index in [2.05, 4.69) is 0 Å². The summed E-state index contributed by atoms with van der Waals surface area (Å²) in [6, 6.07) is 14.6. The molecule has 0 radical (unpaired) electrons. The fourth-order valence-corrected chi connectivity index (χ4v) is 4.16. The minimum atomic E-state index is -1.10. The van der Waals surface area contributed by atoms with E-state index in [4.69, 9.17) is 25.2 Å². The molecule has 1 N–H and O–H groups in total. The van der Waals surface area contributed by atoms with Crippen molar-refractivity contribution in [2.24, 2.45) is 0 Å². The second-order valence-corrected chi connectivity index (χ2v) is 7.96. The van der Waals surface area contributed by atoms with E-state index in [0.29, 0.717) is 16.0 Å². The van der Waals surface area contributed by atoms with Gasteiger partial charge in [-0.2, -0.15) is 0 Å². The van der Waals surface area contributed by atoms with Crippen LogP contribution in [-0.2, 0) is 9.53 Å². The summed E-state index contributed by atoms with van der Waals surface area (Å²) in [6.07, 6.45) is 1.39. The van der Waals surface area contributed by atoms with E-state index >= 15 is 0 Å². The van der Waals surface area contributed by atoms with Gasteiger partial charge in [0.2, 0.25) is 5.78 Å². The second-order valence-electron chi connectivity index (χ2n) is 7.52. The van der Waals surface area contributed by atoms with Gasteiger partial charge in [-0.1, -0.05) is 17.7 Å². The van der Waals surface area contributed by atoms with Crippen molar-refractivity contribution >= 4 is 45.9 Å². The molecular weight excluding hydrogens is 462 g/mol. The van der Waals surface area contributed by atoms with Crippen molar-refractivity contribution in [1.29, 1.82) is 0 Å². The van der Waals surface area contributed by atoms with E-state index < -0.39 is 29.5 Å². The number of rotatable bonds is 5. The van der Waals surface area contributed by atoms with Crippen LogP contribution in [0.25, 0.3) is 11.0 Å². The van der Waals surface area contributed by atoms with E-state index in [1.807, 2.05) is 0 Å². The lowest BCUT2D eigenvalue weighted by atomic mass is 9.99. The van der Waals surface area contributed by atoms with E-state index in [1.54, 1.807) is 42.5 Å². The number of benzene rings is 2. The Morgan fingerprint density at radius 1 is 1.09 bits per heavy atom. The van der Waals surface area contributed by atoms with Crippen molar-refractivity contribution in [1.82, 2.24) is 0 Å². The summed E-state index contributed by atoms with van der Waals surface area (Å²) in [6.45, 7) is 0. The molecule has 2 aromatic carbocycles. The average Bonchev–Trinajstić information content (AvgIpc) is 3.57. The number of aliphatic hydroxyl groups excluding tert-OH is 1. The van der Waals surface area contributed by atoms with Crippen LogP contribution in [0.2, 0.25) is 5.02 Å². The molecule has 1 amide bonds. The largest absolute Gasteiger partial charge is 0.503 e. The summed E-state index contributed by atoms with van der Waals surface area (Å²) in [5, 5.41) is 11.9. The summed E-state index contributed by atoms with van der Waals surface area (Å²) in [7, 11) is 1.24. The number of amides is 1. The number of hydrogen-bond acceptors (Lipinski definition) is 7. The van der Waals surface area contributed by atoms with Crippen molar-refractivity contribution in [3.63, 3.8) is 0 Å². The number of furan rings is 2. The molecule has 0 aliphatic carbocycles. The number of anilines is 1. The number of fused-ring (bicyclic) bond motifs is 1. The minimum Gasteiger partial charge on any atom is -0.503 e. The number of methoxy groups -OCH3 is 1. The molecule has 8 nitrogen and oxygen atoms in total. The van der Waals surface area contributed by atoms with Gasteiger partial charge in [0, 0.05) is 16.1 Å². The number of halogens is 1. The highest BCUT2D eigenvalue weighted by atomic mass is 35.5. The van der Waals surface area contributed by atoms with E-state index in [0.717, 1.165) is 0 Å². The van der Waals surface area contributed by atoms with Crippen LogP contribution in [0.1, 0.15) is 32.7 Å². The number of nitrogens with zero attached hydrogens (tertiary/aromatic N) is 1. The van der Waals surface area contributed by atoms with Gasteiger partial charge in [0.25, 0.3) is 5.91 Å². The summed E-state index contributed by atoms with van der Waals surface area (Å²) in [4.78, 5) is 39.9. The highest BCUT2D eigenvalue weighted by Crippen LogP contribution is 2.42. The Bertz CT molecular complexity index is 1480. The van der Waals surface area contributed by atoms with Gasteiger partial charge in [0.05, 0.1) is 24.5 Å². The zero-order valence-corrected chi connectivity index (χ0v) is 18.4. The standard InChI is InChI=1S/C25H16ClNO7/c1-32-25(31)13-4-2-5-16(11-13)27-21(18-6-3-9-33-18)20(23(29)24(27)30)22(28)19-12-14-10-15(26)7-8-17(14)34-19/h2-12,21,29H,1H3. The number of carbonyl (C=O) groups excluding carboxylic acids is 3. The predicted octanol–water partition coefficient (Wildman–Crippen LogP) is 5.25. The van der Waals surface area contributed by atoms with Gasteiger partial charge >= 0.3 is 5.97 Å². The molecule has 170 valence electrons. The van der Waals surface area contributed by atoms with Crippen molar-refractivity contribution in [3.05, 3.63) is 100 Å². The Balaban J connectivity index is 1.62. The van der Waals surface area contributed by atoms with Gasteiger partial charge in [-0.25, -0.2) is 4.79 Å². The molecule has 1 unspecified atom stereocenters. The first-order valence-electron chi connectivity index (χ1n) is 10.1. The highest BCUT2D eigenvalue weighted by Gasteiger charge is 2.46. The first kappa shape index (κ1) is 21.5. The van der Waals surface area contributed by atoms with Crippen molar-refractivity contribution < 1.29 is 33.1 Å². The van der Waals surface area contributed by atoms with Crippen LogP contribution < -0.4 is 4.90 Å².